The second-order valence-electron chi connectivity index (χ2n) is 2.87. The monoisotopic (exact) mass is 157 g/mol. The van der Waals surface area contributed by atoms with Crippen molar-refractivity contribution in [2.75, 3.05) is 0 Å². The van der Waals surface area contributed by atoms with E-state index in [1.807, 2.05) is 12.4 Å². The fraction of sp³-hybridized carbons (Fsp3) is 0. The first-order chi connectivity index (χ1) is 5.93. The Bertz CT molecular complexity index is 442. The molecule has 0 aliphatic rings. The molecule has 0 spiro atoms. The van der Waals surface area contributed by atoms with Gasteiger partial charge in [-0.15, -0.1) is 0 Å². The van der Waals surface area contributed by atoms with Gasteiger partial charge in [-0.3, -0.25) is 5.10 Å². The van der Waals surface area contributed by atoms with Crippen molar-refractivity contribution >= 4 is 21.8 Å². The normalized spacial score (nSPS) is 11.3. The van der Waals surface area contributed by atoms with Crippen molar-refractivity contribution in [3.63, 3.8) is 0 Å². The molecule has 1 aromatic carbocycles. The highest BCUT2D eigenvalue weighted by Gasteiger charge is 1.98. The molecule has 12 heavy (non-hydrogen) atoms. The minimum atomic E-state index is 1.09. The van der Waals surface area contributed by atoms with E-state index in [-0.39, 0.29) is 0 Å². The predicted molar refractivity (Wildman–Crippen MR) is 48.0 cm³/mol. The molecular weight excluding hydrogens is 150 g/mol. The van der Waals surface area contributed by atoms with Crippen LogP contribution < -0.4 is 0 Å². The maximum absolute atomic E-state index is 3.97. The predicted octanol–water partition coefficient (Wildman–Crippen LogP) is 2.04. The van der Waals surface area contributed by atoms with Gasteiger partial charge in [0.1, 0.15) is 0 Å². The average Bonchev–Trinajstić information content (AvgIpc) is 2.64. The lowest BCUT2D eigenvalue weighted by molar-refractivity contribution is 1.12. The summed E-state index contributed by atoms with van der Waals surface area (Å²) in [5, 5.41) is 9.26. The van der Waals surface area contributed by atoms with Gasteiger partial charge in [-0.25, -0.2) is 0 Å². The van der Waals surface area contributed by atoms with E-state index in [1.165, 1.54) is 5.39 Å². The van der Waals surface area contributed by atoms with Gasteiger partial charge in [0.05, 0.1) is 11.7 Å². The third kappa shape index (κ3) is 0.625. The highest BCUT2D eigenvalue weighted by Crippen LogP contribution is 2.19. The fourth-order valence-corrected chi connectivity index (χ4v) is 1.49. The number of aromatic nitrogens is 3. The van der Waals surface area contributed by atoms with E-state index in [0.717, 1.165) is 16.4 Å². The minimum Gasteiger partial charge on any atom is -0.361 e. The van der Waals surface area contributed by atoms with Gasteiger partial charge < -0.3 is 4.98 Å². The van der Waals surface area contributed by atoms with Crippen molar-refractivity contribution < 1.29 is 0 Å². The summed E-state index contributed by atoms with van der Waals surface area (Å²) in [4.78, 5) is 3.16. The number of H-pyrrole nitrogens is 2. The SMILES string of the molecule is c1cc2cc3[nH]ncc3cc2[nH]1. The van der Waals surface area contributed by atoms with Crippen molar-refractivity contribution in [3.8, 4) is 0 Å². The van der Waals surface area contributed by atoms with Gasteiger partial charge in [0.2, 0.25) is 0 Å². The lowest BCUT2D eigenvalue weighted by atomic mass is 10.2. The van der Waals surface area contributed by atoms with E-state index in [4.69, 9.17) is 0 Å². The Labute approximate surface area is 68.4 Å². The van der Waals surface area contributed by atoms with Crippen LogP contribution in [0.2, 0.25) is 0 Å². The summed E-state index contributed by atoms with van der Waals surface area (Å²) in [6, 6.07) is 6.23. The summed E-state index contributed by atoms with van der Waals surface area (Å²) < 4.78 is 0. The van der Waals surface area contributed by atoms with Crippen molar-refractivity contribution in [3.05, 3.63) is 30.6 Å². The van der Waals surface area contributed by atoms with Crippen LogP contribution in [0, 0.1) is 0 Å². The molecule has 3 heteroatoms. The summed E-state index contributed by atoms with van der Waals surface area (Å²) in [6.07, 6.45) is 3.77. The molecule has 0 fully saturated rings. The van der Waals surface area contributed by atoms with Gasteiger partial charge >= 0.3 is 0 Å². The van der Waals surface area contributed by atoms with E-state index < -0.39 is 0 Å². The van der Waals surface area contributed by atoms with Gasteiger partial charge in [0, 0.05) is 22.5 Å². The third-order valence-electron chi connectivity index (χ3n) is 2.11. The summed E-state index contributed by atoms with van der Waals surface area (Å²) >= 11 is 0. The van der Waals surface area contributed by atoms with Gasteiger partial charge in [-0.2, -0.15) is 5.10 Å². The fourth-order valence-electron chi connectivity index (χ4n) is 1.49. The van der Waals surface area contributed by atoms with Crippen molar-refractivity contribution in [1.82, 2.24) is 15.2 Å². The maximum Gasteiger partial charge on any atom is 0.0657 e. The molecule has 3 rings (SSSR count). The molecule has 0 aliphatic carbocycles. The summed E-state index contributed by atoms with van der Waals surface area (Å²) in [7, 11) is 0. The Morgan fingerprint density at radius 3 is 3.00 bits per heavy atom. The number of hydrogen-bond acceptors (Lipinski definition) is 1. The molecule has 0 radical (unpaired) electrons. The molecule has 2 N–H and O–H groups in total. The number of nitrogens with zero attached hydrogens (tertiary/aromatic N) is 1. The molecule has 58 valence electrons. The van der Waals surface area contributed by atoms with Crippen molar-refractivity contribution in [2.45, 2.75) is 0 Å². The largest absolute Gasteiger partial charge is 0.361 e. The Balaban J connectivity index is 2.62. The van der Waals surface area contributed by atoms with E-state index >= 15 is 0 Å². The first-order valence-electron chi connectivity index (χ1n) is 3.84. The molecule has 0 bridgehead atoms. The van der Waals surface area contributed by atoms with Crippen molar-refractivity contribution in [1.29, 1.82) is 0 Å². The van der Waals surface area contributed by atoms with Gasteiger partial charge in [-0.05, 0) is 18.2 Å². The van der Waals surface area contributed by atoms with E-state index in [0.29, 0.717) is 0 Å². The van der Waals surface area contributed by atoms with E-state index in [1.54, 1.807) is 0 Å². The Morgan fingerprint density at radius 1 is 1.08 bits per heavy atom. The minimum absolute atomic E-state index is 1.09. The number of hydrogen-bond donors (Lipinski definition) is 2. The van der Waals surface area contributed by atoms with Gasteiger partial charge in [0.25, 0.3) is 0 Å². The molecule has 2 aromatic heterocycles. The van der Waals surface area contributed by atoms with Crippen LogP contribution in [0.3, 0.4) is 0 Å². The zero-order chi connectivity index (χ0) is 7.97. The second kappa shape index (κ2) is 1.88. The third-order valence-corrected chi connectivity index (χ3v) is 2.11. The molecule has 0 aliphatic heterocycles. The van der Waals surface area contributed by atoms with Crippen LogP contribution in [-0.4, -0.2) is 15.2 Å². The lowest BCUT2D eigenvalue weighted by Crippen LogP contribution is -1.69. The molecule has 0 atom stereocenters. The Kier molecular flexibility index (Phi) is 0.913. The first kappa shape index (κ1) is 5.83. The average molecular weight is 157 g/mol. The van der Waals surface area contributed by atoms with Crippen molar-refractivity contribution in [2.24, 2.45) is 0 Å². The number of rotatable bonds is 0. The van der Waals surface area contributed by atoms with Crippen LogP contribution in [0.25, 0.3) is 21.8 Å². The van der Waals surface area contributed by atoms with Crippen LogP contribution in [-0.2, 0) is 0 Å². The van der Waals surface area contributed by atoms with Gasteiger partial charge in [0.15, 0.2) is 0 Å². The zero-order valence-corrected chi connectivity index (χ0v) is 6.33. The molecule has 3 aromatic rings. The van der Waals surface area contributed by atoms with Gasteiger partial charge in [-0.1, -0.05) is 0 Å². The number of aromatic amines is 2. The van der Waals surface area contributed by atoms with Crippen LogP contribution in [0.4, 0.5) is 0 Å². The maximum atomic E-state index is 3.97. The molecule has 3 nitrogen and oxygen atoms in total. The first-order valence-corrected chi connectivity index (χ1v) is 3.84. The van der Waals surface area contributed by atoms with Crippen LogP contribution in [0.15, 0.2) is 30.6 Å². The Hall–Kier alpha value is -1.77. The topological polar surface area (TPSA) is 44.5 Å². The number of fused-ring (bicyclic) bond motifs is 2. The molecule has 0 saturated carbocycles. The summed E-state index contributed by atoms with van der Waals surface area (Å²) in [5.41, 5.74) is 2.24. The van der Waals surface area contributed by atoms with Crippen LogP contribution >= 0.6 is 0 Å². The van der Waals surface area contributed by atoms with E-state index in [9.17, 15) is 0 Å². The van der Waals surface area contributed by atoms with Crippen LogP contribution in [0.5, 0.6) is 0 Å². The smallest absolute Gasteiger partial charge is 0.0657 e. The standard InChI is InChI=1S/C9H7N3/c1-2-10-8-4-7-5-11-12-9(7)3-6(1)8/h1-5,10H,(H,11,12). The van der Waals surface area contributed by atoms with Crippen LogP contribution in [0.1, 0.15) is 0 Å². The molecule has 0 unspecified atom stereocenters. The summed E-state index contributed by atoms with van der Waals surface area (Å²) in [6.45, 7) is 0. The number of benzene rings is 1. The molecule has 0 saturated heterocycles. The highest BCUT2D eigenvalue weighted by molar-refractivity contribution is 5.94. The molecule has 2 heterocycles. The molecular formula is C9H7N3. The highest BCUT2D eigenvalue weighted by atomic mass is 15.1. The lowest BCUT2D eigenvalue weighted by Gasteiger charge is -1.89. The quantitative estimate of drug-likeness (QED) is 0.515. The number of nitrogens with one attached hydrogen (secondary N) is 2. The summed E-state index contributed by atoms with van der Waals surface area (Å²) in [5.74, 6) is 0. The zero-order valence-electron chi connectivity index (χ0n) is 6.33. The molecule has 0 amide bonds. The Morgan fingerprint density at radius 2 is 2.00 bits per heavy atom. The second-order valence-corrected chi connectivity index (χ2v) is 2.87. The van der Waals surface area contributed by atoms with E-state index in [2.05, 4.69) is 33.4 Å².